The van der Waals surface area contributed by atoms with Gasteiger partial charge in [-0.1, -0.05) is 13.0 Å². The second-order valence-electron chi connectivity index (χ2n) is 3.07. The molecule has 4 heteroatoms. The Morgan fingerprint density at radius 3 is 2.57 bits per heavy atom. The van der Waals surface area contributed by atoms with Crippen molar-refractivity contribution in [2.75, 3.05) is 12.9 Å². The average molecular weight is 218 g/mol. The normalized spacial score (nSPS) is 12.9. The van der Waals surface area contributed by atoms with Crippen molar-refractivity contribution in [2.24, 2.45) is 0 Å². The summed E-state index contributed by atoms with van der Waals surface area (Å²) in [5.41, 5.74) is 0.359. The molecule has 78 valence electrons. The molecule has 1 N–H and O–H groups in total. The maximum Gasteiger partial charge on any atom is 0.143 e. The third kappa shape index (κ3) is 2.07. The molecule has 1 aromatic rings. The minimum atomic E-state index is -0.556. The van der Waals surface area contributed by atoms with E-state index in [1.807, 2.05) is 0 Å². The summed E-state index contributed by atoms with van der Waals surface area (Å²) in [6.07, 6.45) is 1.62. The molecule has 0 spiro atoms. The number of benzene rings is 1. The van der Waals surface area contributed by atoms with Crippen molar-refractivity contribution >= 4 is 11.8 Å². The number of hydrogen-bond acceptors (Lipinski definition) is 2. The molecule has 1 unspecified atom stereocenters. The average Bonchev–Trinajstić information content (AvgIpc) is 2.18. The van der Waals surface area contributed by atoms with Gasteiger partial charge < -0.3 is 5.11 Å². The molecule has 0 fully saturated rings. The maximum atomic E-state index is 13.6. The van der Waals surface area contributed by atoms with Crippen molar-refractivity contribution in [1.29, 1.82) is 0 Å². The molecule has 14 heavy (non-hydrogen) atoms. The van der Waals surface area contributed by atoms with Crippen LogP contribution in [0.4, 0.5) is 8.78 Å². The van der Waals surface area contributed by atoms with E-state index in [2.05, 4.69) is 0 Å². The molecule has 1 aromatic carbocycles. The maximum absolute atomic E-state index is 13.6. The molecule has 1 atom stereocenters. The quantitative estimate of drug-likeness (QED) is 0.787. The predicted molar refractivity (Wildman–Crippen MR) is 53.6 cm³/mol. The number of aliphatic hydroxyl groups is 1. The van der Waals surface area contributed by atoms with Crippen LogP contribution in [0.2, 0.25) is 0 Å². The van der Waals surface area contributed by atoms with Crippen molar-refractivity contribution < 1.29 is 13.9 Å². The second kappa shape index (κ2) is 4.75. The Bertz CT molecular complexity index is 328. The van der Waals surface area contributed by atoms with Crippen LogP contribution < -0.4 is 0 Å². The largest absolute Gasteiger partial charge is 0.396 e. The predicted octanol–water partition coefficient (Wildman–Crippen LogP) is 2.78. The van der Waals surface area contributed by atoms with Gasteiger partial charge in [-0.15, -0.1) is 11.8 Å². The summed E-state index contributed by atoms with van der Waals surface area (Å²) in [4.78, 5) is 0.0165. The standard InChI is InChI=1S/C10H12F2OS/c1-6(5-13)7-3-4-8(11)10(14-2)9(7)12/h3-4,6,13H,5H2,1-2H3. The van der Waals surface area contributed by atoms with Gasteiger partial charge in [0.15, 0.2) is 0 Å². The van der Waals surface area contributed by atoms with E-state index >= 15 is 0 Å². The topological polar surface area (TPSA) is 20.2 Å². The van der Waals surface area contributed by atoms with E-state index in [1.54, 1.807) is 13.2 Å². The SMILES string of the molecule is CSc1c(F)ccc(C(C)CO)c1F. The number of hydrogen-bond donors (Lipinski definition) is 1. The highest BCUT2D eigenvalue weighted by atomic mass is 32.2. The van der Waals surface area contributed by atoms with Crippen LogP contribution in [-0.4, -0.2) is 18.0 Å². The number of thioether (sulfide) groups is 1. The van der Waals surface area contributed by atoms with Crippen molar-refractivity contribution in [1.82, 2.24) is 0 Å². The van der Waals surface area contributed by atoms with Crippen LogP contribution in [0.15, 0.2) is 17.0 Å². The van der Waals surface area contributed by atoms with Gasteiger partial charge in [0, 0.05) is 12.5 Å². The van der Waals surface area contributed by atoms with Gasteiger partial charge in [0.05, 0.1) is 4.90 Å². The van der Waals surface area contributed by atoms with Crippen LogP contribution in [0.5, 0.6) is 0 Å². The fraction of sp³-hybridized carbons (Fsp3) is 0.400. The molecule has 0 heterocycles. The van der Waals surface area contributed by atoms with Crippen LogP contribution in [-0.2, 0) is 0 Å². The Morgan fingerprint density at radius 1 is 1.43 bits per heavy atom. The van der Waals surface area contributed by atoms with E-state index in [-0.39, 0.29) is 17.4 Å². The zero-order valence-corrected chi connectivity index (χ0v) is 8.87. The Kier molecular flexibility index (Phi) is 3.89. The summed E-state index contributed by atoms with van der Waals surface area (Å²) in [6, 6.07) is 2.61. The van der Waals surface area contributed by atoms with Gasteiger partial charge in [0.1, 0.15) is 11.6 Å². The van der Waals surface area contributed by atoms with Crippen molar-refractivity contribution in [3.05, 3.63) is 29.3 Å². The van der Waals surface area contributed by atoms with E-state index in [1.165, 1.54) is 12.1 Å². The molecule has 0 amide bonds. The molecule has 0 bridgehead atoms. The van der Waals surface area contributed by atoms with Crippen LogP contribution in [0, 0.1) is 11.6 Å². The van der Waals surface area contributed by atoms with Crippen LogP contribution in [0.1, 0.15) is 18.4 Å². The molecular weight excluding hydrogens is 206 g/mol. The first kappa shape index (κ1) is 11.5. The number of aliphatic hydroxyl groups excluding tert-OH is 1. The molecule has 0 aliphatic carbocycles. The minimum Gasteiger partial charge on any atom is -0.396 e. The first-order chi connectivity index (χ1) is 6.61. The first-order valence-corrected chi connectivity index (χ1v) is 5.47. The summed E-state index contributed by atoms with van der Waals surface area (Å²) in [7, 11) is 0. The smallest absolute Gasteiger partial charge is 0.143 e. The summed E-state index contributed by atoms with van der Waals surface area (Å²) in [5, 5.41) is 8.88. The fourth-order valence-corrected chi connectivity index (χ4v) is 1.77. The monoisotopic (exact) mass is 218 g/mol. The molecule has 0 aromatic heterocycles. The Morgan fingerprint density at radius 2 is 2.07 bits per heavy atom. The highest BCUT2D eigenvalue weighted by Gasteiger charge is 2.16. The van der Waals surface area contributed by atoms with Gasteiger partial charge in [-0.2, -0.15) is 0 Å². The minimum absolute atomic E-state index is 0.0165. The Balaban J connectivity index is 3.21. The third-order valence-electron chi connectivity index (χ3n) is 2.09. The lowest BCUT2D eigenvalue weighted by molar-refractivity contribution is 0.270. The molecule has 1 nitrogen and oxygen atoms in total. The van der Waals surface area contributed by atoms with E-state index in [9.17, 15) is 8.78 Å². The van der Waals surface area contributed by atoms with E-state index in [4.69, 9.17) is 5.11 Å². The van der Waals surface area contributed by atoms with Gasteiger partial charge >= 0.3 is 0 Å². The highest BCUT2D eigenvalue weighted by molar-refractivity contribution is 7.98. The fourth-order valence-electron chi connectivity index (χ4n) is 1.21. The van der Waals surface area contributed by atoms with Gasteiger partial charge in [0.25, 0.3) is 0 Å². The zero-order valence-electron chi connectivity index (χ0n) is 8.05. The van der Waals surface area contributed by atoms with Crippen molar-refractivity contribution in [3.63, 3.8) is 0 Å². The number of halogens is 2. The van der Waals surface area contributed by atoms with E-state index < -0.39 is 11.6 Å². The summed E-state index contributed by atoms with van der Waals surface area (Å²) < 4.78 is 26.7. The molecule has 0 aliphatic rings. The molecule has 0 saturated heterocycles. The summed E-state index contributed by atoms with van der Waals surface area (Å²) >= 11 is 1.03. The molecule has 0 aliphatic heterocycles. The first-order valence-electron chi connectivity index (χ1n) is 4.24. The molecular formula is C10H12F2OS. The van der Waals surface area contributed by atoms with E-state index in [0.717, 1.165) is 11.8 Å². The zero-order chi connectivity index (χ0) is 10.7. The van der Waals surface area contributed by atoms with Crippen molar-refractivity contribution in [2.45, 2.75) is 17.7 Å². The summed E-state index contributed by atoms with van der Waals surface area (Å²) in [6.45, 7) is 1.55. The van der Waals surface area contributed by atoms with Crippen molar-refractivity contribution in [3.8, 4) is 0 Å². The second-order valence-corrected chi connectivity index (χ2v) is 3.88. The third-order valence-corrected chi connectivity index (χ3v) is 2.87. The van der Waals surface area contributed by atoms with Gasteiger partial charge in [-0.3, -0.25) is 0 Å². The molecule has 0 radical (unpaired) electrons. The van der Waals surface area contributed by atoms with Gasteiger partial charge in [-0.25, -0.2) is 8.78 Å². The lowest BCUT2D eigenvalue weighted by atomic mass is 10.0. The Hall–Kier alpha value is -0.610. The Labute approximate surface area is 86.1 Å². The van der Waals surface area contributed by atoms with E-state index in [0.29, 0.717) is 5.56 Å². The van der Waals surface area contributed by atoms with Crippen LogP contribution in [0.25, 0.3) is 0 Å². The van der Waals surface area contributed by atoms with Crippen LogP contribution in [0.3, 0.4) is 0 Å². The van der Waals surface area contributed by atoms with Gasteiger partial charge in [-0.05, 0) is 17.9 Å². The van der Waals surface area contributed by atoms with Crippen LogP contribution >= 0.6 is 11.8 Å². The van der Waals surface area contributed by atoms with Gasteiger partial charge in [0.2, 0.25) is 0 Å². The lowest BCUT2D eigenvalue weighted by Gasteiger charge is -2.12. The molecule has 1 rings (SSSR count). The highest BCUT2D eigenvalue weighted by Crippen LogP contribution is 2.29. The lowest BCUT2D eigenvalue weighted by Crippen LogP contribution is -2.04. The summed E-state index contributed by atoms with van der Waals surface area (Å²) in [5.74, 6) is -1.41. The molecule has 0 saturated carbocycles. The number of rotatable bonds is 3.